The molecule has 0 aliphatic rings. The molecular formula is C20H21N3O6S. The number of nitrogens with zero attached hydrogens (tertiary/aromatic N) is 2. The van der Waals surface area contributed by atoms with Crippen LogP contribution in [0.2, 0.25) is 0 Å². The lowest BCUT2D eigenvalue weighted by Gasteiger charge is -2.15. The van der Waals surface area contributed by atoms with Gasteiger partial charge in [-0.25, -0.2) is 9.78 Å². The van der Waals surface area contributed by atoms with Crippen LogP contribution in [0.1, 0.15) is 28.2 Å². The number of thiophene rings is 1. The molecule has 9 nitrogen and oxygen atoms in total. The van der Waals surface area contributed by atoms with Crippen molar-refractivity contribution in [2.45, 2.75) is 19.9 Å². The summed E-state index contributed by atoms with van der Waals surface area (Å²) in [6, 6.07) is 5.15. The lowest BCUT2D eigenvalue weighted by molar-refractivity contribution is -0.118. The SMILES string of the molecule is COCCOC(=O)c1sc2ncn(C(C)C(=O)Nc3ccc(O)cc3)c(=O)c2c1C. The van der Waals surface area contributed by atoms with Gasteiger partial charge in [0.25, 0.3) is 5.56 Å². The van der Waals surface area contributed by atoms with Crippen LogP contribution in [-0.4, -0.2) is 46.9 Å². The highest BCUT2D eigenvalue weighted by Gasteiger charge is 2.23. The lowest BCUT2D eigenvalue weighted by atomic mass is 10.2. The van der Waals surface area contributed by atoms with Gasteiger partial charge in [-0.15, -0.1) is 11.3 Å². The maximum absolute atomic E-state index is 13.0. The number of hydrogen-bond donors (Lipinski definition) is 2. The van der Waals surface area contributed by atoms with Crippen LogP contribution in [0.4, 0.5) is 5.69 Å². The Labute approximate surface area is 175 Å². The van der Waals surface area contributed by atoms with Crippen LogP contribution in [0.5, 0.6) is 5.75 Å². The van der Waals surface area contributed by atoms with Gasteiger partial charge in [-0.3, -0.25) is 14.2 Å². The first kappa shape index (κ1) is 21.5. The number of ether oxygens (including phenoxy) is 2. The zero-order valence-corrected chi connectivity index (χ0v) is 17.5. The Morgan fingerprint density at radius 1 is 1.27 bits per heavy atom. The largest absolute Gasteiger partial charge is 0.508 e. The van der Waals surface area contributed by atoms with Crippen molar-refractivity contribution in [3.63, 3.8) is 0 Å². The monoisotopic (exact) mass is 431 g/mol. The third-order valence-corrected chi connectivity index (χ3v) is 5.69. The summed E-state index contributed by atoms with van der Waals surface area (Å²) in [5, 5.41) is 12.3. The highest BCUT2D eigenvalue weighted by atomic mass is 32.1. The average Bonchev–Trinajstić information content (AvgIpc) is 3.07. The predicted octanol–water partition coefficient (Wildman–Crippen LogP) is 2.47. The molecule has 1 aromatic carbocycles. The molecule has 0 saturated heterocycles. The number of benzene rings is 1. The number of carbonyl (C=O) groups excluding carboxylic acids is 2. The molecule has 10 heteroatoms. The first-order chi connectivity index (χ1) is 14.3. The molecule has 0 aliphatic heterocycles. The lowest BCUT2D eigenvalue weighted by Crippen LogP contribution is -2.31. The third-order valence-electron chi connectivity index (χ3n) is 4.51. The van der Waals surface area contributed by atoms with Gasteiger partial charge in [-0.1, -0.05) is 0 Å². The van der Waals surface area contributed by atoms with Gasteiger partial charge in [0.1, 0.15) is 28.1 Å². The number of aromatic hydroxyl groups is 1. The molecule has 2 heterocycles. The van der Waals surface area contributed by atoms with Crippen LogP contribution >= 0.6 is 11.3 Å². The number of fused-ring (bicyclic) bond motifs is 1. The molecule has 2 aromatic heterocycles. The predicted molar refractivity (Wildman–Crippen MR) is 112 cm³/mol. The molecule has 158 valence electrons. The Morgan fingerprint density at radius 3 is 2.63 bits per heavy atom. The van der Waals surface area contributed by atoms with Crippen LogP contribution in [0.25, 0.3) is 10.2 Å². The molecule has 2 N–H and O–H groups in total. The van der Waals surface area contributed by atoms with E-state index < -0.39 is 23.5 Å². The Bertz CT molecular complexity index is 1140. The van der Waals surface area contributed by atoms with E-state index in [-0.39, 0.29) is 24.3 Å². The number of nitrogens with one attached hydrogen (secondary N) is 1. The van der Waals surface area contributed by atoms with Crippen molar-refractivity contribution in [3.05, 3.63) is 51.4 Å². The van der Waals surface area contributed by atoms with Crippen LogP contribution in [0.3, 0.4) is 0 Å². The summed E-state index contributed by atoms with van der Waals surface area (Å²) in [7, 11) is 1.50. The first-order valence-corrected chi connectivity index (χ1v) is 9.91. The highest BCUT2D eigenvalue weighted by Crippen LogP contribution is 2.28. The number of esters is 1. The molecule has 3 rings (SSSR count). The zero-order chi connectivity index (χ0) is 21.8. The second-order valence-corrected chi connectivity index (χ2v) is 7.53. The molecule has 30 heavy (non-hydrogen) atoms. The number of carbonyl (C=O) groups is 2. The maximum Gasteiger partial charge on any atom is 0.348 e. The fourth-order valence-electron chi connectivity index (χ4n) is 2.81. The summed E-state index contributed by atoms with van der Waals surface area (Å²) in [6.07, 6.45) is 1.29. The summed E-state index contributed by atoms with van der Waals surface area (Å²) in [4.78, 5) is 42.9. The number of aryl methyl sites for hydroxylation is 1. The van der Waals surface area contributed by atoms with E-state index >= 15 is 0 Å². The molecular weight excluding hydrogens is 410 g/mol. The fraction of sp³-hybridized carbons (Fsp3) is 0.300. The molecule has 0 bridgehead atoms. The van der Waals surface area contributed by atoms with Gasteiger partial charge in [0, 0.05) is 12.8 Å². The van der Waals surface area contributed by atoms with Gasteiger partial charge in [0.2, 0.25) is 5.91 Å². The normalized spacial score (nSPS) is 12.0. The molecule has 3 aromatic rings. The van der Waals surface area contributed by atoms with E-state index in [0.717, 1.165) is 11.3 Å². The van der Waals surface area contributed by atoms with Gasteiger partial charge < -0.3 is 19.9 Å². The highest BCUT2D eigenvalue weighted by molar-refractivity contribution is 7.20. The van der Waals surface area contributed by atoms with Gasteiger partial charge in [-0.05, 0) is 43.7 Å². The molecule has 0 radical (unpaired) electrons. The van der Waals surface area contributed by atoms with Gasteiger partial charge in [-0.2, -0.15) is 0 Å². The molecule has 0 saturated carbocycles. The summed E-state index contributed by atoms with van der Waals surface area (Å²) in [5.74, 6) is -0.885. The number of phenols is 1. The van der Waals surface area contributed by atoms with E-state index in [2.05, 4.69) is 10.3 Å². The Kier molecular flexibility index (Phi) is 6.48. The van der Waals surface area contributed by atoms with Crippen LogP contribution in [-0.2, 0) is 14.3 Å². The molecule has 0 aliphatic carbocycles. The summed E-state index contributed by atoms with van der Waals surface area (Å²) < 4.78 is 11.2. The van der Waals surface area contributed by atoms with Crippen molar-refractivity contribution in [2.24, 2.45) is 0 Å². The van der Waals surface area contributed by atoms with E-state index in [4.69, 9.17) is 9.47 Å². The number of methoxy groups -OCH3 is 1. The minimum Gasteiger partial charge on any atom is -0.508 e. The smallest absolute Gasteiger partial charge is 0.348 e. The van der Waals surface area contributed by atoms with Crippen molar-refractivity contribution in [1.82, 2.24) is 9.55 Å². The second-order valence-electron chi connectivity index (χ2n) is 6.53. The molecule has 1 amide bonds. The van der Waals surface area contributed by atoms with E-state index in [1.165, 1.54) is 30.1 Å². The first-order valence-electron chi connectivity index (χ1n) is 9.09. The fourth-order valence-corrected chi connectivity index (χ4v) is 3.84. The van der Waals surface area contributed by atoms with E-state index in [0.29, 0.717) is 21.0 Å². The van der Waals surface area contributed by atoms with Crippen LogP contribution in [0.15, 0.2) is 35.4 Å². The van der Waals surface area contributed by atoms with Crippen molar-refractivity contribution in [2.75, 3.05) is 25.6 Å². The standard InChI is InChI=1S/C20H21N3O6S/c1-11-15-18(30-16(11)20(27)29-9-8-28-3)21-10-23(19(15)26)12(2)17(25)22-13-4-6-14(24)7-5-13/h4-7,10,12,24H,8-9H2,1-3H3,(H,22,25). The van der Waals surface area contributed by atoms with Crippen molar-refractivity contribution >= 4 is 39.1 Å². The number of amides is 1. The summed E-state index contributed by atoms with van der Waals surface area (Å²) in [5.41, 5.74) is 0.535. The number of phenolic OH excluding ortho intramolecular Hbond substituents is 1. The van der Waals surface area contributed by atoms with E-state index in [9.17, 15) is 19.5 Å². The van der Waals surface area contributed by atoms with Crippen LogP contribution < -0.4 is 10.9 Å². The summed E-state index contributed by atoms with van der Waals surface area (Å²) in [6.45, 7) is 3.61. The second kappa shape index (κ2) is 9.06. The summed E-state index contributed by atoms with van der Waals surface area (Å²) >= 11 is 1.07. The van der Waals surface area contributed by atoms with E-state index in [1.54, 1.807) is 26.0 Å². The van der Waals surface area contributed by atoms with Crippen molar-refractivity contribution in [3.8, 4) is 5.75 Å². The average molecular weight is 431 g/mol. The number of aromatic nitrogens is 2. The van der Waals surface area contributed by atoms with Crippen molar-refractivity contribution in [1.29, 1.82) is 0 Å². The number of anilines is 1. The zero-order valence-electron chi connectivity index (χ0n) is 16.7. The Balaban J connectivity index is 1.87. The molecule has 0 spiro atoms. The van der Waals surface area contributed by atoms with E-state index in [1.807, 2.05) is 0 Å². The maximum atomic E-state index is 13.0. The van der Waals surface area contributed by atoms with Crippen LogP contribution in [0, 0.1) is 6.92 Å². The van der Waals surface area contributed by atoms with Gasteiger partial charge in [0.05, 0.1) is 18.3 Å². The molecule has 1 atom stereocenters. The minimum atomic E-state index is -0.848. The quantitative estimate of drug-likeness (QED) is 0.335. The minimum absolute atomic E-state index is 0.0800. The molecule has 1 unspecified atom stereocenters. The number of hydrogen-bond acceptors (Lipinski definition) is 8. The number of rotatable bonds is 7. The topological polar surface area (TPSA) is 120 Å². The molecule has 0 fully saturated rings. The van der Waals surface area contributed by atoms with Gasteiger partial charge >= 0.3 is 5.97 Å². The van der Waals surface area contributed by atoms with Gasteiger partial charge in [0.15, 0.2) is 0 Å². The Morgan fingerprint density at radius 2 is 1.97 bits per heavy atom. The third kappa shape index (κ3) is 4.34. The van der Waals surface area contributed by atoms with Crippen molar-refractivity contribution < 1.29 is 24.2 Å². The Hall–Kier alpha value is -3.24.